The summed E-state index contributed by atoms with van der Waals surface area (Å²) in [5.41, 5.74) is 0.996. The number of carbonyl (C=O) groups is 1. The largest absolute Gasteiger partial charge is 0.435 e. The fourth-order valence-corrected chi connectivity index (χ4v) is 2.94. The first-order valence-corrected chi connectivity index (χ1v) is 10.4. The van der Waals surface area contributed by atoms with Crippen LogP contribution >= 0.6 is 0 Å². The predicted octanol–water partition coefficient (Wildman–Crippen LogP) is 3.22. The molecule has 31 heavy (non-hydrogen) atoms. The summed E-state index contributed by atoms with van der Waals surface area (Å²) in [6.07, 6.45) is -3.86. The van der Waals surface area contributed by atoms with Crippen LogP contribution in [0.2, 0.25) is 0 Å². The number of nitrogens with two attached hydrogens (primary N) is 1. The van der Waals surface area contributed by atoms with Gasteiger partial charge in [0.15, 0.2) is 5.69 Å². The average Bonchev–Trinajstić information content (AvgIpc) is 3.14. The summed E-state index contributed by atoms with van der Waals surface area (Å²) in [5.74, 6) is 0. The van der Waals surface area contributed by atoms with Gasteiger partial charge < -0.3 is 4.90 Å². The first-order chi connectivity index (χ1) is 14.3. The molecule has 0 saturated heterocycles. The van der Waals surface area contributed by atoms with Gasteiger partial charge in [-0.15, -0.1) is 0 Å². The van der Waals surface area contributed by atoms with Crippen molar-refractivity contribution in [2.75, 3.05) is 14.1 Å². The van der Waals surface area contributed by atoms with Crippen LogP contribution < -0.4 is 5.14 Å². The molecule has 2 aromatic carbocycles. The monoisotopic (exact) mass is 454 g/mol. The lowest BCUT2D eigenvalue weighted by Crippen LogP contribution is -2.12. The van der Waals surface area contributed by atoms with E-state index in [1.165, 1.54) is 29.2 Å². The minimum Gasteiger partial charge on any atom is -0.351 e. The lowest BCUT2D eigenvalue weighted by Gasteiger charge is -2.09. The standard InChI is InChI=1S/C17H14F3N3O2S.C3H7NO/c1-11-2-4-12(5-3-11)15-10-16(17(18,19)20)22-23(15)13-6-8-14(9-7-13)26(21,24)25;1-4(2)3-5/h2-10H,1H3,(H2,21,24,25);3H,1-2H3. The summed E-state index contributed by atoms with van der Waals surface area (Å²) in [5, 5.41) is 8.70. The number of rotatable bonds is 4. The van der Waals surface area contributed by atoms with Crippen LogP contribution in [0.5, 0.6) is 0 Å². The second-order valence-corrected chi connectivity index (χ2v) is 8.36. The number of hydrogen-bond donors (Lipinski definition) is 1. The fraction of sp³-hybridized carbons (Fsp3) is 0.200. The Morgan fingerprint density at radius 2 is 1.55 bits per heavy atom. The molecule has 3 aromatic rings. The van der Waals surface area contributed by atoms with Gasteiger partial charge in [0.05, 0.1) is 16.3 Å². The number of carbonyl (C=O) groups excluding carboxylic acids is 1. The van der Waals surface area contributed by atoms with Crippen molar-refractivity contribution >= 4 is 16.4 Å². The van der Waals surface area contributed by atoms with E-state index in [2.05, 4.69) is 5.10 Å². The Morgan fingerprint density at radius 1 is 1.03 bits per heavy atom. The highest BCUT2D eigenvalue weighted by atomic mass is 32.2. The van der Waals surface area contributed by atoms with Crippen LogP contribution in [0.25, 0.3) is 16.9 Å². The van der Waals surface area contributed by atoms with Gasteiger partial charge in [0.2, 0.25) is 16.4 Å². The summed E-state index contributed by atoms with van der Waals surface area (Å²) in [7, 11) is -0.522. The second-order valence-electron chi connectivity index (χ2n) is 6.80. The molecule has 0 atom stereocenters. The molecule has 3 rings (SSSR count). The van der Waals surface area contributed by atoms with Crippen molar-refractivity contribution in [1.82, 2.24) is 14.7 Å². The summed E-state index contributed by atoms with van der Waals surface area (Å²) < 4.78 is 63.2. The molecular weight excluding hydrogens is 433 g/mol. The number of sulfonamides is 1. The highest BCUT2D eigenvalue weighted by molar-refractivity contribution is 7.89. The van der Waals surface area contributed by atoms with Gasteiger partial charge in [0, 0.05) is 19.7 Å². The van der Waals surface area contributed by atoms with Crippen LogP contribution in [0.4, 0.5) is 13.2 Å². The Labute approximate surface area is 178 Å². The van der Waals surface area contributed by atoms with Crippen molar-refractivity contribution in [3.05, 3.63) is 65.9 Å². The van der Waals surface area contributed by atoms with E-state index in [9.17, 15) is 26.4 Å². The molecule has 0 saturated carbocycles. The van der Waals surface area contributed by atoms with Crippen molar-refractivity contribution in [2.24, 2.45) is 5.14 Å². The number of aryl methyl sites for hydroxylation is 1. The Bertz CT molecular complexity index is 1140. The lowest BCUT2D eigenvalue weighted by molar-refractivity contribution is -0.141. The molecule has 0 unspecified atom stereocenters. The second kappa shape index (κ2) is 9.31. The Hall–Kier alpha value is -3.18. The van der Waals surface area contributed by atoms with E-state index >= 15 is 0 Å². The smallest absolute Gasteiger partial charge is 0.351 e. The van der Waals surface area contributed by atoms with Crippen LogP contribution in [0.1, 0.15) is 11.3 Å². The highest BCUT2D eigenvalue weighted by Crippen LogP contribution is 2.33. The normalized spacial score (nSPS) is 11.5. The molecule has 0 bridgehead atoms. The Balaban J connectivity index is 0.000000614. The molecule has 166 valence electrons. The number of benzene rings is 2. The van der Waals surface area contributed by atoms with Gasteiger partial charge in [0.25, 0.3) is 0 Å². The van der Waals surface area contributed by atoms with E-state index < -0.39 is 21.9 Å². The third-order valence-corrected chi connectivity index (χ3v) is 4.90. The maximum atomic E-state index is 13.1. The van der Waals surface area contributed by atoms with E-state index in [4.69, 9.17) is 5.14 Å². The van der Waals surface area contributed by atoms with E-state index in [1.54, 1.807) is 38.4 Å². The summed E-state index contributed by atoms with van der Waals surface area (Å²) in [4.78, 5) is 10.7. The zero-order chi connectivity index (χ0) is 23.4. The highest BCUT2D eigenvalue weighted by Gasteiger charge is 2.35. The Kier molecular flexibility index (Phi) is 7.24. The third-order valence-electron chi connectivity index (χ3n) is 3.97. The number of halogens is 3. The number of hydrogen-bond acceptors (Lipinski definition) is 4. The molecule has 0 fully saturated rings. The molecular formula is C20H21F3N4O3S. The van der Waals surface area contributed by atoms with E-state index in [1.807, 2.05) is 6.92 Å². The van der Waals surface area contributed by atoms with Crippen molar-refractivity contribution in [1.29, 1.82) is 0 Å². The lowest BCUT2D eigenvalue weighted by atomic mass is 10.1. The zero-order valence-electron chi connectivity index (χ0n) is 17.0. The zero-order valence-corrected chi connectivity index (χ0v) is 17.8. The van der Waals surface area contributed by atoms with Crippen LogP contribution in [0, 0.1) is 6.92 Å². The maximum absolute atomic E-state index is 13.1. The molecule has 7 nitrogen and oxygen atoms in total. The number of aromatic nitrogens is 2. The number of amides is 1. The van der Waals surface area contributed by atoms with Crippen molar-refractivity contribution < 1.29 is 26.4 Å². The minimum absolute atomic E-state index is 0.138. The topological polar surface area (TPSA) is 98.3 Å². The molecule has 1 aromatic heterocycles. The molecule has 0 spiro atoms. The van der Waals surface area contributed by atoms with Gasteiger partial charge in [-0.2, -0.15) is 18.3 Å². The molecule has 1 heterocycles. The molecule has 11 heteroatoms. The van der Waals surface area contributed by atoms with Crippen molar-refractivity contribution in [3.8, 4) is 16.9 Å². The third kappa shape index (κ3) is 6.40. The average molecular weight is 454 g/mol. The van der Waals surface area contributed by atoms with Gasteiger partial charge in [-0.3, -0.25) is 4.79 Å². The van der Waals surface area contributed by atoms with Gasteiger partial charge >= 0.3 is 6.18 Å². The first-order valence-electron chi connectivity index (χ1n) is 8.82. The summed E-state index contributed by atoms with van der Waals surface area (Å²) in [6.45, 7) is 1.87. The molecule has 0 aliphatic carbocycles. The van der Waals surface area contributed by atoms with Crippen molar-refractivity contribution in [3.63, 3.8) is 0 Å². The molecule has 0 radical (unpaired) electrons. The molecule has 0 aliphatic heterocycles. The van der Waals surface area contributed by atoms with Gasteiger partial charge in [0.1, 0.15) is 0 Å². The predicted molar refractivity (Wildman–Crippen MR) is 110 cm³/mol. The van der Waals surface area contributed by atoms with Crippen molar-refractivity contribution in [2.45, 2.75) is 18.0 Å². The van der Waals surface area contributed by atoms with Crippen LogP contribution in [0.15, 0.2) is 59.5 Å². The molecule has 1 amide bonds. The quantitative estimate of drug-likeness (QED) is 0.612. The van der Waals surface area contributed by atoms with E-state index in [0.29, 0.717) is 5.56 Å². The van der Waals surface area contributed by atoms with E-state index in [0.717, 1.165) is 22.7 Å². The SMILES string of the molecule is CN(C)C=O.Cc1ccc(-c2cc(C(F)(F)F)nn2-c2ccc(S(N)(=O)=O)cc2)cc1. The number of primary sulfonamides is 1. The minimum atomic E-state index is -4.61. The fourth-order valence-electron chi connectivity index (χ4n) is 2.42. The van der Waals surface area contributed by atoms with Crippen LogP contribution in [-0.2, 0) is 21.0 Å². The number of nitrogens with zero attached hydrogens (tertiary/aromatic N) is 3. The van der Waals surface area contributed by atoms with E-state index in [-0.39, 0.29) is 16.3 Å². The molecule has 2 N–H and O–H groups in total. The first kappa shape index (κ1) is 24.1. The summed E-state index contributed by atoms with van der Waals surface area (Å²) in [6, 6.07) is 13.1. The van der Waals surface area contributed by atoms with Crippen LogP contribution in [0.3, 0.4) is 0 Å². The van der Waals surface area contributed by atoms with Gasteiger partial charge in [-0.25, -0.2) is 18.2 Å². The molecule has 0 aliphatic rings. The van der Waals surface area contributed by atoms with Gasteiger partial charge in [-0.1, -0.05) is 29.8 Å². The van der Waals surface area contributed by atoms with Crippen LogP contribution in [-0.4, -0.2) is 43.6 Å². The number of alkyl halides is 3. The van der Waals surface area contributed by atoms with Gasteiger partial charge in [-0.05, 0) is 37.3 Å². The maximum Gasteiger partial charge on any atom is 0.435 e. The summed E-state index contributed by atoms with van der Waals surface area (Å²) >= 11 is 0. The Morgan fingerprint density at radius 3 is 1.97 bits per heavy atom.